The number of likely N-dealkylation sites (N-methyl/N-ethyl adjacent to an activating group) is 1. The maximum absolute atomic E-state index is 13.6. The number of carbonyl (C=O) groups is 1. The maximum Gasteiger partial charge on any atom is 0.273 e. The van der Waals surface area contributed by atoms with Crippen LogP contribution in [0, 0.1) is 5.82 Å². The molecule has 2 heterocycles. The smallest absolute Gasteiger partial charge is 0.273 e. The summed E-state index contributed by atoms with van der Waals surface area (Å²) in [5.74, 6) is -0.483. The number of benzene rings is 2. The molecule has 0 aliphatic carbocycles. The Morgan fingerprint density at radius 3 is 2.66 bits per heavy atom. The average Bonchev–Trinajstić information content (AvgIpc) is 3.46. The van der Waals surface area contributed by atoms with Gasteiger partial charge in [-0.15, -0.1) is 11.3 Å². The highest BCUT2D eigenvalue weighted by Crippen LogP contribution is 2.25. The Morgan fingerprint density at radius 2 is 1.91 bits per heavy atom. The summed E-state index contributed by atoms with van der Waals surface area (Å²) in [5, 5.41) is 6.91. The normalized spacial score (nSPS) is 11.1. The van der Waals surface area contributed by atoms with Crippen molar-refractivity contribution >= 4 is 17.2 Å². The molecule has 2 aromatic heterocycles. The van der Waals surface area contributed by atoms with Crippen LogP contribution in [0.25, 0.3) is 16.3 Å². The van der Waals surface area contributed by atoms with Gasteiger partial charge in [0.25, 0.3) is 5.91 Å². The van der Waals surface area contributed by atoms with E-state index in [1.165, 1.54) is 23.5 Å². The predicted octanol–water partition coefficient (Wildman–Crippen LogP) is 4.34. The topological polar surface area (TPSA) is 54.3 Å². The fourth-order valence-corrected chi connectivity index (χ4v) is 4.02. The average molecular weight is 450 g/mol. The van der Waals surface area contributed by atoms with E-state index in [9.17, 15) is 9.18 Å². The molecule has 0 radical (unpaired) electrons. The molecule has 4 aromatic rings. The first-order valence-corrected chi connectivity index (χ1v) is 11.1. The number of carbonyl (C=O) groups excluding carboxylic acids is 1. The zero-order chi connectivity index (χ0) is 22.5. The molecule has 32 heavy (non-hydrogen) atoms. The second-order valence-electron chi connectivity index (χ2n) is 7.71. The molecule has 0 aliphatic rings. The van der Waals surface area contributed by atoms with Gasteiger partial charge in [-0.2, -0.15) is 5.10 Å². The van der Waals surface area contributed by atoms with E-state index >= 15 is 0 Å². The van der Waals surface area contributed by atoms with Gasteiger partial charge in [-0.05, 0) is 43.9 Å². The Hall–Kier alpha value is -3.36. The van der Waals surface area contributed by atoms with E-state index in [0.29, 0.717) is 25.3 Å². The Labute approximate surface area is 190 Å². The van der Waals surface area contributed by atoms with Crippen molar-refractivity contribution in [3.63, 3.8) is 0 Å². The van der Waals surface area contributed by atoms with Crippen molar-refractivity contribution in [3.05, 3.63) is 89.4 Å². The number of hydrogen-bond donors (Lipinski definition) is 0. The molecule has 0 unspecified atom stereocenters. The fraction of sp³-hybridized carbons (Fsp3) is 0.208. The minimum absolute atomic E-state index is 0.172. The minimum Gasteiger partial charge on any atom is -0.332 e. The molecule has 6 nitrogen and oxygen atoms in total. The Morgan fingerprint density at radius 1 is 1.09 bits per heavy atom. The summed E-state index contributed by atoms with van der Waals surface area (Å²) in [7, 11) is 3.91. The predicted molar refractivity (Wildman–Crippen MR) is 124 cm³/mol. The largest absolute Gasteiger partial charge is 0.332 e. The van der Waals surface area contributed by atoms with Gasteiger partial charge in [0.1, 0.15) is 16.5 Å². The van der Waals surface area contributed by atoms with E-state index in [0.717, 1.165) is 21.8 Å². The van der Waals surface area contributed by atoms with Crippen molar-refractivity contribution in [2.24, 2.45) is 0 Å². The van der Waals surface area contributed by atoms with Crippen molar-refractivity contribution < 1.29 is 9.18 Å². The molecule has 4 rings (SSSR count). The molecule has 2 aromatic carbocycles. The number of nitrogens with zero attached hydrogens (tertiary/aromatic N) is 5. The van der Waals surface area contributed by atoms with E-state index in [2.05, 4.69) is 10.1 Å². The first-order chi connectivity index (χ1) is 15.5. The number of amides is 1. The number of rotatable bonds is 8. The molecule has 0 N–H and O–H groups in total. The zero-order valence-corrected chi connectivity index (χ0v) is 18.8. The third-order valence-corrected chi connectivity index (χ3v) is 5.83. The van der Waals surface area contributed by atoms with Crippen LogP contribution in [-0.2, 0) is 6.54 Å². The van der Waals surface area contributed by atoms with Crippen LogP contribution in [0.15, 0.2) is 72.4 Å². The van der Waals surface area contributed by atoms with E-state index in [1.54, 1.807) is 27.2 Å². The first kappa shape index (κ1) is 21.9. The van der Waals surface area contributed by atoms with Gasteiger partial charge < -0.3 is 9.80 Å². The van der Waals surface area contributed by atoms with Crippen LogP contribution in [0.5, 0.6) is 0 Å². The molecule has 0 saturated carbocycles. The van der Waals surface area contributed by atoms with Crippen LogP contribution in [0.2, 0.25) is 0 Å². The van der Waals surface area contributed by atoms with Crippen LogP contribution in [-0.4, -0.2) is 57.7 Å². The molecule has 8 heteroatoms. The number of para-hydroxylation sites is 1. The van der Waals surface area contributed by atoms with Crippen LogP contribution in [0.1, 0.15) is 16.1 Å². The molecular formula is C24H24FN5OS. The minimum atomic E-state index is -0.311. The second-order valence-corrected chi connectivity index (χ2v) is 8.57. The quantitative estimate of drug-likeness (QED) is 0.402. The Kier molecular flexibility index (Phi) is 6.72. The molecule has 0 spiro atoms. The van der Waals surface area contributed by atoms with Gasteiger partial charge in [0, 0.05) is 36.8 Å². The van der Waals surface area contributed by atoms with Crippen LogP contribution in [0.3, 0.4) is 0 Å². The van der Waals surface area contributed by atoms with Crippen LogP contribution >= 0.6 is 11.3 Å². The Balaban J connectivity index is 1.54. The summed E-state index contributed by atoms with van der Waals surface area (Å²) >= 11 is 1.41. The van der Waals surface area contributed by atoms with E-state index in [4.69, 9.17) is 0 Å². The van der Waals surface area contributed by atoms with Gasteiger partial charge in [0.05, 0.1) is 11.9 Å². The summed E-state index contributed by atoms with van der Waals surface area (Å²) in [4.78, 5) is 21.6. The lowest BCUT2D eigenvalue weighted by Crippen LogP contribution is -2.36. The molecule has 1 amide bonds. The lowest BCUT2D eigenvalue weighted by Gasteiger charge is -2.24. The lowest BCUT2D eigenvalue weighted by molar-refractivity contribution is 0.0726. The van der Waals surface area contributed by atoms with Gasteiger partial charge in [0.2, 0.25) is 0 Å². The van der Waals surface area contributed by atoms with Crippen molar-refractivity contribution in [2.45, 2.75) is 6.54 Å². The van der Waals surface area contributed by atoms with E-state index in [1.807, 2.05) is 61.6 Å². The molecule has 0 aliphatic heterocycles. The molecule has 0 atom stereocenters. The van der Waals surface area contributed by atoms with Crippen molar-refractivity contribution in [2.75, 3.05) is 27.2 Å². The number of halogens is 1. The summed E-state index contributed by atoms with van der Waals surface area (Å²) in [6, 6.07) is 16.2. The highest BCUT2D eigenvalue weighted by atomic mass is 32.1. The Bertz CT molecular complexity index is 1190. The molecule has 0 bridgehead atoms. The van der Waals surface area contributed by atoms with Crippen molar-refractivity contribution in [3.8, 4) is 16.3 Å². The van der Waals surface area contributed by atoms with Gasteiger partial charge in [-0.1, -0.05) is 30.3 Å². The summed E-state index contributed by atoms with van der Waals surface area (Å²) in [5.41, 5.74) is 2.93. The highest BCUT2D eigenvalue weighted by Gasteiger charge is 2.20. The monoisotopic (exact) mass is 449 g/mol. The third-order valence-electron chi connectivity index (χ3n) is 4.94. The van der Waals surface area contributed by atoms with Crippen LogP contribution < -0.4 is 0 Å². The van der Waals surface area contributed by atoms with Gasteiger partial charge >= 0.3 is 0 Å². The van der Waals surface area contributed by atoms with Gasteiger partial charge in [0.15, 0.2) is 0 Å². The zero-order valence-electron chi connectivity index (χ0n) is 18.0. The van der Waals surface area contributed by atoms with Crippen molar-refractivity contribution in [1.29, 1.82) is 0 Å². The fourth-order valence-electron chi connectivity index (χ4n) is 3.25. The first-order valence-electron chi connectivity index (χ1n) is 10.2. The van der Waals surface area contributed by atoms with Crippen LogP contribution in [0.4, 0.5) is 4.39 Å². The van der Waals surface area contributed by atoms with E-state index < -0.39 is 0 Å². The van der Waals surface area contributed by atoms with Crippen molar-refractivity contribution in [1.82, 2.24) is 24.6 Å². The number of hydrogen-bond acceptors (Lipinski definition) is 5. The maximum atomic E-state index is 13.6. The highest BCUT2D eigenvalue weighted by molar-refractivity contribution is 7.13. The summed E-state index contributed by atoms with van der Waals surface area (Å²) in [6.45, 7) is 1.53. The number of thiazole rings is 1. The summed E-state index contributed by atoms with van der Waals surface area (Å²) in [6.07, 6.45) is 3.65. The lowest BCUT2D eigenvalue weighted by atomic mass is 10.2. The second kappa shape index (κ2) is 9.84. The van der Waals surface area contributed by atoms with Gasteiger partial charge in [-0.25, -0.2) is 14.1 Å². The van der Waals surface area contributed by atoms with E-state index in [-0.39, 0.29) is 11.7 Å². The molecule has 164 valence electrons. The van der Waals surface area contributed by atoms with Gasteiger partial charge in [-0.3, -0.25) is 4.79 Å². The molecule has 0 saturated heterocycles. The summed E-state index contributed by atoms with van der Waals surface area (Å²) < 4.78 is 15.4. The SMILES string of the molecule is CN(C)CCN(Cc1cccc(F)c1)C(=O)c1csc(-c2cnn(-c3ccccc3)c2)n1. The molecule has 0 fully saturated rings. The standard InChI is InChI=1S/C24H24FN5OS/c1-28(2)11-12-29(15-18-7-6-8-20(25)13-18)24(31)22-17-32-23(27-22)19-14-26-30(16-19)21-9-4-3-5-10-21/h3-10,13-14,16-17H,11-12,15H2,1-2H3. The number of aromatic nitrogens is 3. The third kappa shape index (κ3) is 5.27. The molecular weight excluding hydrogens is 425 g/mol.